The maximum atomic E-state index is 13.1. The Morgan fingerprint density at radius 1 is 0.657 bits per heavy atom. The molecule has 0 aromatic heterocycles. The fraction of sp³-hybridized carbons (Fsp3) is 0.429. The van der Waals surface area contributed by atoms with E-state index in [4.69, 9.17) is 4.74 Å². The van der Waals surface area contributed by atoms with Crippen LogP contribution in [0, 0.1) is 11.8 Å². The molecule has 0 aliphatic rings. The third-order valence-corrected chi connectivity index (χ3v) is 5.93. The van der Waals surface area contributed by atoms with Crippen molar-refractivity contribution in [1.82, 2.24) is 0 Å². The predicted molar refractivity (Wildman–Crippen MR) is 131 cm³/mol. The maximum absolute atomic E-state index is 13.1. The summed E-state index contributed by atoms with van der Waals surface area (Å²) in [6.07, 6.45) is 4.69. The molecule has 2 aromatic carbocycles. The third-order valence-electron chi connectivity index (χ3n) is 5.93. The third kappa shape index (κ3) is 7.77. The number of hydrogen-bond donors (Lipinski definition) is 2. The van der Waals surface area contributed by atoms with Gasteiger partial charge in [-0.2, -0.15) is 0 Å². The zero-order chi connectivity index (χ0) is 25.8. The number of phenols is 2. The van der Waals surface area contributed by atoms with E-state index < -0.39 is 35.3 Å². The van der Waals surface area contributed by atoms with E-state index in [0.717, 1.165) is 25.7 Å². The molecule has 2 atom stereocenters. The molecule has 188 valence electrons. The largest absolute Gasteiger partial charge is 0.507 e. The molecule has 0 saturated carbocycles. The minimum Gasteiger partial charge on any atom is -0.507 e. The lowest BCUT2D eigenvalue weighted by molar-refractivity contribution is -0.163. The van der Waals surface area contributed by atoms with Gasteiger partial charge in [0.1, 0.15) is 23.3 Å². The number of para-hydroxylation sites is 2. The van der Waals surface area contributed by atoms with Gasteiger partial charge < -0.3 is 14.9 Å². The van der Waals surface area contributed by atoms with E-state index in [2.05, 4.69) is 0 Å². The highest BCUT2D eigenvalue weighted by Crippen LogP contribution is 2.27. The summed E-state index contributed by atoms with van der Waals surface area (Å²) in [6.45, 7) is 3.96. The number of esters is 2. The van der Waals surface area contributed by atoms with Crippen LogP contribution < -0.4 is 0 Å². The first-order chi connectivity index (χ1) is 16.8. The van der Waals surface area contributed by atoms with E-state index in [1.54, 1.807) is 24.3 Å². The van der Waals surface area contributed by atoms with Crippen molar-refractivity contribution in [2.45, 2.75) is 65.2 Å². The van der Waals surface area contributed by atoms with E-state index in [-0.39, 0.29) is 35.5 Å². The van der Waals surface area contributed by atoms with Crippen LogP contribution in [-0.4, -0.2) is 33.7 Å². The lowest BCUT2D eigenvalue weighted by atomic mass is 9.90. The van der Waals surface area contributed by atoms with Crippen LogP contribution in [0.25, 0.3) is 0 Å². The van der Waals surface area contributed by atoms with Crippen molar-refractivity contribution in [1.29, 1.82) is 0 Å². The number of hydrogen-bond acceptors (Lipinski definition) is 7. The summed E-state index contributed by atoms with van der Waals surface area (Å²) in [6, 6.07) is 11.8. The standard InChI is InChI=1S/C28H34O7/c1-3-5-7-15-21(25(31)19-13-9-11-17-23(19)29)27(33)35-28(34)22(16-8-6-4-2)26(32)20-14-10-12-18-24(20)30/h9-14,17-18,21-22,29-30H,3-8,15-16H2,1-2H3. The number of ketones is 2. The predicted octanol–water partition coefficient (Wildman–Crippen LogP) is 5.63. The molecule has 0 aliphatic carbocycles. The molecular formula is C28H34O7. The smallest absolute Gasteiger partial charge is 0.324 e. The lowest BCUT2D eigenvalue weighted by Crippen LogP contribution is -2.33. The van der Waals surface area contributed by atoms with Gasteiger partial charge in [0, 0.05) is 0 Å². The number of carbonyl (C=O) groups excluding carboxylic acids is 4. The molecule has 2 aromatic rings. The summed E-state index contributed by atoms with van der Waals surface area (Å²) < 4.78 is 5.12. The number of Topliss-reactive ketones (excluding diaryl/α,β-unsaturated/α-hetero) is 2. The lowest BCUT2D eigenvalue weighted by Gasteiger charge is -2.18. The van der Waals surface area contributed by atoms with E-state index in [1.165, 1.54) is 24.3 Å². The fourth-order valence-electron chi connectivity index (χ4n) is 3.89. The molecule has 0 bridgehead atoms. The minimum absolute atomic E-state index is 0.0248. The van der Waals surface area contributed by atoms with Crippen molar-refractivity contribution in [3.05, 3.63) is 59.7 Å². The van der Waals surface area contributed by atoms with Crippen molar-refractivity contribution in [3.8, 4) is 11.5 Å². The molecule has 0 aliphatic heterocycles. The monoisotopic (exact) mass is 482 g/mol. The Labute approximate surface area is 206 Å². The van der Waals surface area contributed by atoms with Crippen LogP contribution in [0.5, 0.6) is 11.5 Å². The molecule has 0 radical (unpaired) electrons. The van der Waals surface area contributed by atoms with Crippen LogP contribution in [0.3, 0.4) is 0 Å². The molecule has 0 heterocycles. The Balaban J connectivity index is 2.27. The molecule has 7 nitrogen and oxygen atoms in total. The van der Waals surface area contributed by atoms with Gasteiger partial charge in [0.05, 0.1) is 11.1 Å². The first kappa shape index (κ1) is 27.8. The minimum atomic E-state index is -1.28. The van der Waals surface area contributed by atoms with Crippen LogP contribution >= 0.6 is 0 Å². The number of rotatable bonds is 14. The average Bonchev–Trinajstić information content (AvgIpc) is 2.84. The summed E-state index contributed by atoms with van der Waals surface area (Å²) in [4.78, 5) is 52.2. The first-order valence-electron chi connectivity index (χ1n) is 12.2. The molecule has 0 fully saturated rings. The van der Waals surface area contributed by atoms with E-state index in [9.17, 15) is 29.4 Å². The number of aromatic hydroxyl groups is 2. The normalized spacial score (nSPS) is 12.5. The van der Waals surface area contributed by atoms with Crippen molar-refractivity contribution >= 4 is 23.5 Å². The highest BCUT2D eigenvalue weighted by molar-refractivity contribution is 6.14. The summed E-state index contributed by atoms with van der Waals surface area (Å²) in [7, 11) is 0. The van der Waals surface area contributed by atoms with Crippen LogP contribution in [0.4, 0.5) is 0 Å². The zero-order valence-electron chi connectivity index (χ0n) is 20.4. The number of ether oxygens (including phenoxy) is 1. The van der Waals surface area contributed by atoms with Gasteiger partial charge >= 0.3 is 11.9 Å². The van der Waals surface area contributed by atoms with Crippen molar-refractivity contribution in [2.24, 2.45) is 11.8 Å². The number of unbranched alkanes of at least 4 members (excludes halogenated alkanes) is 4. The second kappa shape index (κ2) is 14.0. The zero-order valence-corrected chi connectivity index (χ0v) is 20.4. The average molecular weight is 483 g/mol. The Hall–Kier alpha value is -3.48. The Kier molecular flexibility index (Phi) is 11.1. The molecule has 0 spiro atoms. The van der Waals surface area contributed by atoms with E-state index in [0.29, 0.717) is 12.8 Å². The van der Waals surface area contributed by atoms with Crippen LogP contribution in [0.15, 0.2) is 48.5 Å². The molecule has 0 amide bonds. The van der Waals surface area contributed by atoms with Gasteiger partial charge in [0.2, 0.25) is 0 Å². The van der Waals surface area contributed by atoms with Crippen LogP contribution in [-0.2, 0) is 14.3 Å². The second-order valence-electron chi connectivity index (χ2n) is 8.60. The number of benzene rings is 2. The number of carbonyl (C=O) groups is 4. The molecule has 2 rings (SSSR count). The second-order valence-corrected chi connectivity index (χ2v) is 8.60. The molecular weight excluding hydrogens is 448 g/mol. The molecule has 2 N–H and O–H groups in total. The van der Waals surface area contributed by atoms with Gasteiger partial charge in [0.25, 0.3) is 0 Å². The summed E-state index contributed by atoms with van der Waals surface area (Å²) in [5, 5.41) is 20.2. The SMILES string of the molecule is CCCCCC(C(=O)OC(=O)C(CCCCC)C(=O)c1ccccc1O)C(=O)c1ccccc1O. The first-order valence-corrected chi connectivity index (χ1v) is 12.2. The van der Waals surface area contributed by atoms with Gasteiger partial charge in [-0.05, 0) is 37.1 Å². The molecule has 0 saturated heterocycles. The Bertz CT molecular complexity index is 946. The van der Waals surface area contributed by atoms with Gasteiger partial charge in [-0.1, -0.05) is 76.6 Å². The van der Waals surface area contributed by atoms with Crippen molar-refractivity contribution in [2.75, 3.05) is 0 Å². The van der Waals surface area contributed by atoms with Crippen LogP contribution in [0.1, 0.15) is 85.9 Å². The molecule has 7 heteroatoms. The van der Waals surface area contributed by atoms with Gasteiger partial charge in [-0.3, -0.25) is 19.2 Å². The summed E-state index contributed by atoms with van der Waals surface area (Å²) in [5.41, 5.74) is -0.0497. The summed E-state index contributed by atoms with van der Waals surface area (Å²) in [5.74, 6) is -6.42. The van der Waals surface area contributed by atoms with Gasteiger partial charge in [-0.25, -0.2) is 0 Å². The van der Waals surface area contributed by atoms with E-state index >= 15 is 0 Å². The highest BCUT2D eigenvalue weighted by atomic mass is 16.6. The van der Waals surface area contributed by atoms with Gasteiger partial charge in [-0.15, -0.1) is 0 Å². The maximum Gasteiger partial charge on any atom is 0.324 e. The van der Waals surface area contributed by atoms with Crippen molar-refractivity contribution in [3.63, 3.8) is 0 Å². The Morgan fingerprint density at radius 2 is 1.03 bits per heavy atom. The van der Waals surface area contributed by atoms with E-state index in [1.807, 2.05) is 13.8 Å². The van der Waals surface area contributed by atoms with Gasteiger partial charge in [0.15, 0.2) is 11.6 Å². The van der Waals surface area contributed by atoms with Crippen LogP contribution in [0.2, 0.25) is 0 Å². The highest BCUT2D eigenvalue weighted by Gasteiger charge is 2.36. The topological polar surface area (TPSA) is 118 Å². The number of phenolic OH excluding ortho intramolecular Hbond substituents is 2. The molecule has 2 unspecified atom stereocenters. The fourth-order valence-corrected chi connectivity index (χ4v) is 3.89. The molecule has 35 heavy (non-hydrogen) atoms. The Morgan fingerprint density at radius 3 is 1.37 bits per heavy atom. The quantitative estimate of drug-likeness (QED) is 0.155. The van der Waals surface area contributed by atoms with Crippen molar-refractivity contribution < 1.29 is 34.1 Å². The summed E-state index contributed by atoms with van der Waals surface area (Å²) >= 11 is 0.